The summed E-state index contributed by atoms with van der Waals surface area (Å²) < 4.78 is 16.0. The maximum Gasteiger partial charge on any atom is 0.309 e. The molecule has 2 aromatic carbocycles. The molecule has 0 aliphatic heterocycles. The molecule has 1 aromatic heterocycles. The minimum absolute atomic E-state index is 0.119. The third kappa shape index (κ3) is 5.21. The second-order valence-corrected chi connectivity index (χ2v) is 6.80. The van der Waals surface area contributed by atoms with Gasteiger partial charge in [-0.3, -0.25) is 4.79 Å². The zero-order valence-electron chi connectivity index (χ0n) is 14.7. The van der Waals surface area contributed by atoms with E-state index >= 15 is 0 Å². The molecule has 0 N–H and O–H groups in total. The van der Waals surface area contributed by atoms with Crippen LogP contribution in [0.1, 0.15) is 12.1 Å². The van der Waals surface area contributed by atoms with Crippen molar-refractivity contribution in [2.24, 2.45) is 0 Å². The molecule has 0 aliphatic carbocycles. The van der Waals surface area contributed by atoms with Gasteiger partial charge in [0.05, 0.1) is 30.9 Å². The Kier molecular flexibility index (Phi) is 6.68. The van der Waals surface area contributed by atoms with Gasteiger partial charge in [0, 0.05) is 10.9 Å². The highest BCUT2D eigenvalue weighted by Gasteiger charge is 2.11. The average molecular weight is 404 g/mol. The fraction of sp³-hybridized carbons (Fsp3) is 0.200. The number of carbonyl (C=O) groups is 1. The van der Waals surface area contributed by atoms with Gasteiger partial charge >= 0.3 is 5.97 Å². The second kappa shape index (κ2) is 9.39. The van der Waals surface area contributed by atoms with Gasteiger partial charge in [0.2, 0.25) is 0 Å². The lowest BCUT2D eigenvalue weighted by Crippen LogP contribution is -2.10. The van der Waals surface area contributed by atoms with Crippen LogP contribution >= 0.6 is 22.9 Å². The van der Waals surface area contributed by atoms with Crippen molar-refractivity contribution in [3.8, 4) is 22.1 Å². The van der Waals surface area contributed by atoms with Gasteiger partial charge in [0.25, 0.3) is 0 Å². The predicted octanol–water partition coefficient (Wildman–Crippen LogP) is 4.98. The lowest BCUT2D eigenvalue weighted by molar-refractivity contribution is -0.145. The zero-order valence-corrected chi connectivity index (χ0v) is 16.3. The van der Waals surface area contributed by atoms with Gasteiger partial charge in [-0.1, -0.05) is 41.9 Å². The number of halogens is 1. The van der Waals surface area contributed by atoms with E-state index in [0.29, 0.717) is 22.2 Å². The Bertz CT molecular complexity index is 912. The highest BCUT2D eigenvalue weighted by molar-refractivity contribution is 7.13. The lowest BCUT2D eigenvalue weighted by Gasteiger charge is -2.09. The minimum atomic E-state index is -0.350. The number of para-hydroxylation sites is 2. The average Bonchev–Trinajstić information content (AvgIpc) is 3.16. The van der Waals surface area contributed by atoms with E-state index in [4.69, 9.17) is 25.8 Å². The smallest absolute Gasteiger partial charge is 0.309 e. The van der Waals surface area contributed by atoms with Gasteiger partial charge in [-0.25, -0.2) is 4.98 Å². The molecule has 0 spiro atoms. The molecule has 0 fully saturated rings. The second-order valence-electron chi connectivity index (χ2n) is 5.53. The molecule has 27 heavy (non-hydrogen) atoms. The molecule has 0 amide bonds. The number of rotatable bonds is 8. The number of nitrogens with zero attached hydrogens (tertiary/aromatic N) is 1. The molecule has 0 aliphatic rings. The molecule has 140 valence electrons. The number of ether oxygens (including phenoxy) is 3. The summed E-state index contributed by atoms with van der Waals surface area (Å²) in [6.45, 7) is 0.329. The molecule has 1 heterocycles. The molecule has 0 bridgehead atoms. The Hall–Kier alpha value is -2.57. The number of esters is 1. The molecule has 0 saturated heterocycles. The molecule has 5 nitrogen and oxygen atoms in total. The lowest BCUT2D eigenvalue weighted by atomic mass is 10.2. The number of thiazole rings is 1. The first-order chi connectivity index (χ1) is 13.2. The standard InChI is InChI=1S/C20H18ClNO4S/c1-24-17-8-4-5-9-18(17)25-11-10-19(23)26-12-14-13-27-20(22-14)15-6-2-3-7-16(15)21/h2-9,13H,10-12H2,1H3. The first-order valence-electron chi connectivity index (χ1n) is 8.28. The van der Waals surface area contributed by atoms with Gasteiger partial charge < -0.3 is 14.2 Å². The monoisotopic (exact) mass is 403 g/mol. The van der Waals surface area contributed by atoms with Crippen molar-refractivity contribution in [1.82, 2.24) is 4.98 Å². The quantitative estimate of drug-likeness (QED) is 0.496. The van der Waals surface area contributed by atoms with Crippen LogP contribution in [0.25, 0.3) is 10.6 Å². The predicted molar refractivity (Wildman–Crippen MR) is 105 cm³/mol. The molecular formula is C20H18ClNO4S. The van der Waals surface area contributed by atoms with Crippen LogP contribution in [0, 0.1) is 0 Å². The van der Waals surface area contributed by atoms with Crippen molar-refractivity contribution in [2.75, 3.05) is 13.7 Å². The van der Waals surface area contributed by atoms with E-state index < -0.39 is 0 Å². The maximum absolute atomic E-state index is 11.9. The van der Waals surface area contributed by atoms with Crippen molar-refractivity contribution in [1.29, 1.82) is 0 Å². The van der Waals surface area contributed by atoms with Gasteiger partial charge in [-0.05, 0) is 18.2 Å². The molecule has 0 saturated carbocycles. The molecule has 3 aromatic rings. The highest BCUT2D eigenvalue weighted by atomic mass is 35.5. The fourth-order valence-electron chi connectivity index (χ4n) is 2.34. The van der Waals surface area contributed by atoms with Gasteiger partial charge in [0.1, 0.15) is 11.6 Å². The van der Waals surface area contributed by atoms with Crippen LogP contribution in [0.3, 0.4) is 0 Å². The number of methoxy groups -OCH3 is 1. The van der Waals surface area contributed by atoms with Crippen molar-refractivity contribution in [2.45, 2.75) is 13.0 Å². The summed E-state index contributed by atoms with van der Waals surface area (Å²) in [5.41, 5.74) is 1.56. The van der Waals surface area contributed by atoms with Crippen LogP contribution in [0.2, 0.25) is 5.02 Å². The molecule has 7 heteroatoms. The van der Waals surface area contributed by atoms with E-state index in [2.05, 4.69) is 4.98 Å². The number of benzene rings is 2. The summed E-state index contributed by atoms with van der Waals surface area (Å²) in [6, 6.07) is 14.8. The number of carbonyl (C=O) groups excluding carboxylic acids is 1. The van der Waals surface area contributed by atoms with Crippen molar-refractivity contribution in [3.05, 3.63) is 64.6 Å². The topological polar surface area (TPSA) is 57.7 Å². The third-order valence-corrected chi connectivity index (χ3v) is 4.92. The number of hydrogen-bond acceptors (Lipinski definition) is 6. The largest absolute Gasteiger partial charge is 0.493 e. The normalized spacial score (nSPS) is 10.4. The fourth-order valence-corrected chi connectivity index (χ4v) is 3.47. The Labute approximate surface area is 166 Å². The van der Waals surface area contributed by atoms with Crippen LogP contribution < -0.4 is 9.47 Å². The van der Waals surface area contributed by atoms with Crippen LogP contribution in [-0.2, 0) is 16.1 Å². The maximum atomic E-state index is 11.9. The third-order valence-electron chi connectivity index (χ3n) is 3.67. The molecule has 0 radical (unpaired) electrons. The van der Waals surface area contributed by atoms with Crippen molar-refractivity contribution >= 4 is 28.9 Å². The molecule has 3 rings (SSSR count). The Morgan fingerprint density at radius 3 is 2.63 bits per heavy atom. The summed E-state index contributed by atoms with van der Waals surface area (Å²) in [7, 11) is 1.57. The number of aromatic nitrogens is 1. The summed E-state index contributed by atoms with van der Waals surface area (Å²) >= 11 is 7.65. The van der Waals surface area contributed by atoms with Crippen LogP contribution in [0.15, 0.2) is 53.9 Å². The zero-order chi connectivity index (χ0) is 19.1. The summed E-state index contributed by atoms with van der Waals surface area (Å²) in [5.74, 6) is 0.870. The van der Waals surface area contributed by atoms with E-state index in [9.17, 15) is 4.79 Å². The molecule has 0 unspecified atom stereocenters. The molecular weight excluding hydrogens is 386 g/mol. The Morgan fingerprint density at radius 1 is 1.11 bits per heavy atom. The van der Waals surface area contributed by atoms with Crippen LogP contribution in [-0.4, -0.2) is 24.7 Å². The SMILES string of the molecule is COc1ccccc1OCCC(=O)OCc1csc(-c2ccccc2Cl)n1. The van der Waals surface area contributed by atoms with Gasteiger partial charge in [-0.2, -0.15) is 0 Å². The highest BCUT2D eigenvalue weighted by Crippen LogP contribution is 2.30. The van der Waals surface area contributed by atoms with Gasteiger partial charge in [-0.15, -0.1) is 11.3 Å². The first-order valence-corrected chi connectivity index (χ1v) is 9.54. The van der Waals surface area contributed by atoms with E-state index in [1.54, 1.807) is 19.2 Å². The van der Waals surface area contributed by atoms with Crippen LogP contribution in [0.4, 0.5) is 0 Å². The minimum Gasteiger partial charge on any atom is -0.493 e. The van der Waals surface area contributed by atoms with E-state index in [1.807, 2.05) is 41.8 Å². The van der Waals surface area contributed by atoms with E-state index in [-0.39, 0.29) is 25.6 Å². The van der Waals surface area contributed by atoms with Crippen molar-refractivity contribution < 1.29 is 19.0 Å². The summed E-state index contributed by atoms with van der Waals surface area (Å²) in [4.78, 5) is 16.4. The van der Waals surface area contributed by atoms with E-state index in [1.165, 1.54) is 11.3 Å². The Morgan fingerprint density at radius 2 is 1.85 bits per heavy atom. The van der Waals surface area contributed by atoms with Crippen molar-refractivity contribution in [3.63, 3.8) is 0 Å². The summed E-state index contributed by atoms with van der Waals surface area (Å²) in [5, 5.41) is 3.30. The molecule has 0 atom stereocenters. The Balaban J connectivity index is 1.46. The number of hydrogen-bond donors (Lipinski definition) is 0. The van der Waals surface area contributed by atoms with E-state index in [0.717, 1.165) is 10.6 Å². The van der Waals surface area contributed by atoms with Gasteiger partial charge in [0.15, 0.2) is 11.5 Å². The summed E-state index contributed by atoms with van der Waals surface area (Å²) in [6.07, 6.45) is 0.138. The first kappa shape index (κ1) is 19.2. The van der Waals surface area contributed by atoms with Crippen LogP contribution in [0.5, 0.6) is 11.5 Å².